The van der Waals surface area contributed by atoms with E-state index < -0.39 is 21.7 Å². The molecular weight excluding hydrogens is 359 g/mol. The van der Waals surface area contributed by atoms with Crippen molar-refractivity contribution in [2.75, 3.05) is 23.0 Å². The molecule has 26 heavy (non-hydrogen) atoms. The smallest absolute Gasteiger partial charge is 0.250 e. The van der Waals surface area contributed by atoms with Gasteiger partial charge in [0.15, 0.2) is 15.7 Å². The molecule has 3 rings (SSSR count). The Hall–Kier alpha value is -2.42. The SMILES string of the molecule is Cn1ccc(N2CCCC(Nc3ccc(CS(C)(=O)=O)c(F)c3)C2=O)n1. The Bertz CT molecular complexity index is 926. The van der Waals surface area contributed by atoms with Crippen LogP contribution < -0.4 is 10.2 Å². The number of carbonyl (C=O) groups excluding carboxylic acids is 1. The Labute approximate surface area is 151 Å². The second-order valence-electron chi connectivity index (χ2n) is 6.55. The van der Waals surface area contributed by atoms with Gasteiger partial charge >= 0.3 is 0 Å². The Balaban J connectivity index is 1.74. The van der Waals surface area contributed by atoms with Gasteiger partial charge in [-0.05, 0) is 25.0 Å². The van der Waals surface area contributed by atoms with Crippen molar-refractivity contribution in [3.05, 3.63) is 41.8 Å². The number of carbonyl (C=O) groups is 1. The van der Waals surface area contributed by atoms with Crippen LogP contribution in [0.1, 0.15) is 18.4 Å². The quantitative estimate of drug-likeness (QED) is 0.854. The van der Waals surface area contributed by atoms with Crippen LogP contribution in [-0.2, 0) is 27.4 Å². The highest BCUT2D eigenvalue weighted by molar-refractivity contribution is 7.89. The molecule has 1 amide bonds. The van der Waals surface area contributed by atoms with E-state index in [0.29, 0.717) is 24.5 Å². The monoisotopic (exact) mass is 380 g/mol. The number of sulfone groups is 1. The number of piperidine rings is 1. The van der Waals surface area contributed by atoms with E-state index in [1.165, 1.54) is 12.1 Å². The Morgan fingerprint density at radius 3 is 2.73 bits per heavy atom. The second-order valence-corrected chi connectivity index (χ2v) is 8.69. The molecule has 1 N–H and O–H groups in total. The van der Waals surface area contributed by atoms with Gasteiger partial charge in [0, 0.05) is 43.4 Å². The summed E-state index contributed by atoms with van der Waals surface area (Å²) in [6, 6.07) is 5.55. The maximum atomic E-state index is 14.2. The fraction of sp³-hybridized carbons (Fsp3) is 0.412. The zero-order valence-electron chi connectivity index (χ0n) is 14.6. The van der Waals surface area contributed by atoms with Crippen LogP contribution in [0.15, 0.2) is 30.5 Å². The minimum absolute atomic E-state index is 0.114. The number of aromatic nitrogens is 2. The zero-order valence-corrected chi connectivity index (χ0v) is 15.5. The lowest BCUT2D eigenvalue weighted by atomic mass is 10.0. The molecule has 140 valence electrons. The van der Waals surface area contributed by atoms with E-state index in [9.17, 15) is 17.6 Å². The van der Waals surface area contributed by atoms with Gasteiger partial charge in [0.1, 0.15) is 11.9 Å². The molecule has 0 bridgehead atoms. The van der Waals surface area contributed by atoms with Crippen molar-refractivity contribution in [2.45, 2.75) is 24.6 Å². The van der Waals surface area contributed by atoms with Crippen LogP contribution >= 0.6 is 0 Å². The summed E-state index contributed by atoms with van der Waals surface area (Å²) >= 11 is 0. The summed E-state index contributed by atoms with van der Waals surface area (Å²) in [5.41, 5.74) is 0.559. The molecule has 0 saturated carbocycles. The van der Waals surface area contributed by atoms with Crippen LogP contribution in [0.5, 0.6) is 0 Å². The molecule has 7 nitrogen and oxygen atoms in total. The highest BCUT2D eigenvalue weighted by atomic mass is 32.2. The van der Waals surface area contributed by atoms with Crippen LogP contribution in [0.4, 0.5) is 15.9 Å². The van der Waals surface area contributed by atoms with Gasteiger partial charge in [0.05, 0.1) is 5.75 Å². The van der Waals surface area contributed by atoms with E-state index in [-0.39, 0.29) is 17.2 Å². The number of aryl methyl sites for hydroxylation is 1. The van der Waals surface area contributed by atoms with Gasteiger partial charge in [-0.2, -0.15) is 5.10 Å². The van der Waals surface area contributed by atoms with E-state index in [1.807, 2.05) is 0 Å². The number of anilines is 2. The fourth-order valence-corrected chi connectivity index (χ4v) is 3.82. The molecule has 2 aromatic rings. The summed E-state index contributed by atoms with van der Waals surface area (Å²) in [6.07, 6.45) is 4.27. The number of halogens is 1. The van der Waals surface area contributed by atoms with Gasteiger partial charge in [-0.15, -0.1) is 0 Å². The normalized spacial score (nSPS) is 18.2. The van der Waals surface area contributed by atoms with Crippen LogP contribution in [0.2, 0.25) is 0 Å². The summed E-state index contributed by atoms with van der Waals surface area (Å²) in [6.45, 7) is 0.593. The molecule has 0 radical (unpaired) electrons. The van der Waals surface area contributed by atoms with Gasteiger partial charge in [0.25, 0.3) is 5.91 Å². The lowest BCUT2D eigenvalue weighted by molar-refractivity contribution is -0.120. The molecule has 0 spiro atoms. The largest absolute Gasteiger partial charge is 0.374 e. The van der Waals surface area contributed by atoms with E-state index in [4.69, 9.17) is 0 Å². The molecule has 1 aliphatic heterocycles. The van der Waals surface area contributed by atoms with Crippen molar-refractivity contribution in [3.8, 4) is 0 Å². The Morgan fingerprint density at radius 1 is 1.35 bits per heavy atom. The third kappa shape index (κ3) is 4.21. The maximum absolute atomic E-state index is 14.2. The zero-order chi connectivity index (χ0) is 18.9. The van der Waals surface area contributed by atoms with E-state index in [1.54, 1.807) is 35.0 Å². The predicted molar refractivity (Wildman–Crippen MR) is 97.2 cm³/mol. The lowest BCUT2D eigenvalue weighted by Gasteiger charge is -2.31. The molecule has 2 heterocycles. The summed E-state index contributed by atoms with van der Waals surface area (Å²) in [5, 5.41) is 7.32. The minimum atomic E-state index is -3.31. The van der Waals surface area contributed by atoms with Crippen molar-refractivity contribution in [2.24, 2.45) is 7.05 Å². The summed E-state index contributed by atoms with van der Waals surface area (Å²) < 4.78 is 38.5. The molecule has 1 aromatic heterocycles. The number of hydrogen-bond acceptors (Lipinski definition) is 5. The lowest BCUT2D eigenvalue weighted by Crippen LogP contribution is -2.48. The minimum Gasteiger partial charge on any atom is -0.374 e. The average molecular weight is 380 g/mol. The topological polar surface area (TPSA) is 84.3 Å². The summed E-state index contributed by atoms with van der Waals surface area (Å²) in [5.74, 6) is -0.478. The van der Waals surface area contributed by atoms with Gasteiger partial charge in [0.2, 0.25) is 0 Å². The molecule has 1 atom stereocenters. The first-order valence-corrected chi connectivity index (χ1v) is 10.3. The Morgan fingerprint density at radius 2 is 2.12 bits per heavy atom. The van der Waals surface area contributed by atoms with E-state index >= 15 is 0 Å². The van der Waals surface area contributed by atoms with Crippen molar-refractivity contribution in [1.82, 2.24) is 9.78 Å². The number of nitrogens with zero attached hydrogens (tertiary/aromatic N) is 3. The van der Waals surface area contributed by atoms with Crippen LogP contribution in [0.25, 0.3) is 0 Å². The molecule has 1 saturated heterocycles. The van der Waals surface area contributed by atoms with Crippen LogP contribution in [-0.4, -0.2) is 42.9 Å². The summed E-state index contributed by atoms with van der Waals surface area (Å²) in [7, 11) is -1.53. The van der Waals surface area contributed by atoms with Crippen LogP contribution in [0, 0.1) is 5.82 Å². The molecule has 0 aliphatic carbocycles. The number of amides is 1. The van der Waals surface area contributed by atoms with Crippen molar-refractivity contribution in [3.63, 3.8) is 0 Å². The molecule has 9 heteroatoms. The highest BCUT2D eigenvalue weighted by Crippen LogP contribution is 2.23. The van der Waals surface area contributed by atoms with Gasteiger partial charge in [-0.25, -0.2) is 12.8 Å². The summed E-state index contributed by atoms with van der Waals surface area (Å²) in [4.78, 5) is 14.3. The molecule has 1 aliphatic rings. The first kappa shape index (κ1) is 18.4. The third-order valence-corrected chi connectivity index (χ3v) is 5.06. The van der Waals surface area contributed by atoms with Crippen molar-refractivity contribution < 1.29 is 17.6 Å². The molecular formula is C17H21FN4O3S. The van der Waals surface area contributed by atoms with E-state index in [2.05, 4.69) is 10.4 Å². The van der Waals surface area contributed by atoms with Gasteiger partial charge in [-0.3, -0.25) is 14.4 Å². The number of hydrogen-bond donors (Lipinski definition) is 1. The molecule has 1 unspecified atom stereocenters. The molecule has 1 fully saturated rings. The number of rotatable bonds is 5. The first-order chi connectivity index (χ1) is 12.2. The van der Waals surface area contributed by atoms with Crippen LogP contribution in [0.3, 0.4) is 0 Å². The van der Waals surface area contributed by atoms with Crippen molar-refractivity contribution >= 4 is 27.2 Å². The van der Waals surface area contributed by atoms with E-state index in [0.717, 1.165) is 12.7 Å². The Kier molecular flexibility index (Phi) is 4.99. The molecule has 1 aromatic carbocycles. The maximum Gasteiger partial charge on any atom is 0.250 e. The fourth-order valence-electron chi connectivity index (χ4n) is 3.02. The standard InChI is InChI=1S/C17H21FN4O3S/c1-21-9-7-16(20-21)22-8-3-4-15(17(22)23)19-13-6-5-12(14(18)10-13)11-26(2,24)25/h5-7,9-10,15,19H,3-4,8,11H2,1-2H3. The second kappa shape index (κ2) is 7.06. The average Bonchev–Trinajstić information content (AvgIpc) is 2.97. The number of benzene rings is 1. The van der Waals surface area contributed by atoms with Gasteiger partial charge < -0.3 is 5.32 Å². The third-order valence-electron chi connectivity index (χ3n) is 4.23. The highest BCUT2D eigenvalue weighted by Gasteiger charge is 2.30. The number of nitrogens with one attached hydrogen (secondary N) is 1. The van der Waals surface area contributed by atoms with Gasteiger partial charge in [-0.1, -0.05) is 6.07 Å². The van der Waals surface area contributed by atoms with Crippen molar-refractivity contribution in [1.29, 1.82) is 0 Å². The first-order valence-electron chi connectivity index (χ1n) is 8.27. The predicted octanol–water partition coefficient (Wildman–Crippen LogP) is 1.71.